The second kappa shape index (κ2) is 31.5. The predicted molar refractivity (Wildman–Crippen MR) is 359 cm³/mol. The summed E-state index contributed by atoms with van der Waals surface area (Å²) in [4.78, 5) is 88.9. The summed E-state index contributed by atoms with van der Waals surface area (Å²) in [6, 6.07) is 22.9. The van der Waals surface area contributed by atoms with Crippen molar-refractivity contribution in [2.24, 2.45) is 5.73 Å². The van der Waals surface area contributed by atoms with Gasteiger partial charge in [0.05, 0.1) is 64.1 Å². The van der Waals surface area contributed by atoms with Crippen LogP contribution in [0.3, 0.4) is 0 Å². The van der Waals surface area contributed by atoms with Crippen LogP contribution in [0.25, 0.3) is 55.8 Å². The van der Waals surface area contributed by atoms with Gasteiger partial charge in [-0.3, -0.25) is 19.2 Å². The highest BCUT2D eigenvalue weighted by molar-refractivity contribution is 6.42. The molecule has 8 heterocycles. The Kier molecular flexibility index (Phi) is 22.9. The number of unbranched alkanes of at least 4 members (excludes halogenated alkanes) is 4. The number of halogens is 3. The molecule has 24 nitrogen and oxygen atoms in total. The number of nitrogens with two attached hydrogens (primary N) is 1. The molecule has 5 N–H and O–H groups in total. The van der Waals surface area contributed by atoms with Gasteiger partial charge in [0.2, 0.25) is 5.78 Å². The number of benzene rings is 4. The van der Waals surface area contributed by atoms with E-state index >= 15 is 0 Å². The zero-order chi connectivity index (χ0) is 66.1. The third-order valence-corrected chi connectivity index (χ3v) is 14.7. The zero-order valence-electron chi connectivity index (χ0n) is 52.3. The molecule has 93 heavy (non-hydrogen) atoms. The molecule has 0 saturated heterocycles. The topological polar surface area (TPSA) is 297 Å². The number of Topliss-reactive ketones (excluding diaryl/α,β-unsaturated/α-hetero) is 1. The van der Waals surface area contributed by atoms with Crippen LogP contribution in [0, 0.1) is 0 Å². The fraction of sp³-hybridized carbons (Fsp3) is 0.303. The van der Waals surface area contributed by atoms with Crippen LogP contribution < -0.4 is 21.7 Å². The first-order chi connectivity index (χ1) is 44.6. The van der Waals surface area contributed by atoms with E-state index in [0.717, 1.165) is 101 Å². The van der Waals surface area contributed by atoms with E-state index in [2.05, 4.69) is 60.8 Å². The van der Waals surface area contributed by atoms with Crippen molar-refractivity contribution in [3.63, 3.8) is 0 Å². The molecule has 0 atom stereocenters. The Morgan fingerprint density at radius 2 is 0.903 bits per heavy atom. The number of esters is 2. The summed E-state index contributed by atoms with van der Waals surface area (Å²) >= 11 is 17.9. The average Bonchev–Trinajstić information content (AvgIpc) is 1.57. The van der Waals surface area contributed by atoms with Crippen LogP contribution in [-0.4, -0.2) is 116 Å². The van der Waals surface area contributed by atoms with Gasteiger partial charge in [-0.25, -0.2) is 49.8 Å². The molecule has 12 rings (SSSR count). The van der Waals surface area contributed by atoms with E-state index in [9.17, 15) is 19.2 Å². The number of carbonyl (C=O) groups excluding carboxylic acids is 4. The van der Waals surface area contributed by atoms with Gasteiger partial charge in [-0.2, -0.15) is 0 Å². The summed E-state index contributed by atoms with van der Waals surface area (Å²) < 4.78 is 18.2. The number of rotatable bonds is 19. The van der Waals surface area contributed by atoms with Crippen LogP contribution >= 0.6 is 34.8 Å². The Balaban J connectivity index is 0.000000151. The molecule has 11 aromatic rings. The van der Waals surface area contributed by atoms with Gasteiger partial charge in [0, 0.05) is 117 Å². The van der Waals surface area contributed by atoms with Crippen molar-refractivity contribution in [2.75, 3.05) is 29.0 Å². The van der Waals surface area contributed by atoms with Gasteiger partial charge in [-0.1, -0.05) is 53.7 Å². The molecular weight excluding hydrogens is 1250 g/mol. The van der Waals surface area contributed by atoms with Crippen molar-refractivity contribution >= 4 is 109 Å². The molecule has 0 fully saturated rings. The monoisotopic (exact) mass is 1320 g/mol. The Hall–Kier alpha value is -9.75. The first-order valence-corrected chi connectivity index (χ1v) is 31.2. The number of nitrogens with one attached hydrogen (secondary N) is 3. The molecule has 0 radical (unpaired) electrons. The highest BCUT2D eigenvalue weighted by Gasteiger charge is 2.24. The van der Waals surface area contributed by atoms with Crippen molar-refractivity contribution in [1.29, 1.82) is 0 Å². The van der Waals surface area contributed by atoms with Crippen LogP contribution in [-0.2, 0) is 41.6 Å². The summed E-state index contributed by atoms with van der Waals surface area (Å²) in [7, 11) is 0. The Morgan fingerprint density at radius 3 is 1.34 bits per heavy atom. The molecule has 1 aliphatic heterocycles. The maximum Gasteiger partial charge on any atom is 0.306 e. The van der Waals surface area contributed by atoms with Gasteiger partial charge in [0.15, 0.2) is 21.3 Å². The number of carbonyl (C=O) groups is 4. The summed E-state index contributed by atoms with van der Waals surface area (Å²) in [6.07, 6.45) is 27.5. The lowest BCUT2D eigenvalue weighted by molar-refractivity contribution is -0.156. The number of ketones is 1. The second-order valence-corrected chi connectivity index (χ2v) is 24.4. The smallest absolute Gasteiger partial charge is 0.306 e. The van der Waals surface area contributed by atoms with Crippen LogP contribution in [0.2, 0.25) is 15.5 Å². The lowest BCUT2D eigenvalue weighted by Crippen LogP contribution is -2.29. The SMILES string of the molecule is CC(C)(C)OC(=O)CCCCCNc1nc2cc(-n3ccnc3)ccc2nc1CN.CC(C)(C)OC(=O)CCCCCNc1nc2cc(-n3ccnc3)ccc2nc1Cl.Clc1nc2ccc(-n3ccnc3)cc2nc1Cl.O=C1Cc2ccc(-n3ccnc3)cc2NC1=O. The molecule has 0 bridgehead atoms. The zero-order valence-corrected chi connectivity index (χ0v) is 54.5. The number of fused-ring (bicyclic) bond motifs is 4. The highest BCUT2D eigenvalue weighted by atomic mass is 35.5. The fourth-order valence-corrected chi connectivity index (χ4v) is 9.87. The molecule has 4 aromatic carbocycles. The lowest BCUT2D eigenvalue weighted by Gasteiger charge is -2.19. The first kappa shape index (κ1) is 67.6. The maximum atomic E-state index is 11.8. The minimum atomic E-state index is -0.541. The molecule has 1 aliphatic rings. The van der Waals surface area contributed by atoms with Crippen molar-refractivity contribution in [2.45, 2.75) is 117 Å². The minimum absolute atomic E-state index is 0.144. The quantitative estimate of drug-likeness (QED) is 0.0332. The van der Waals surface area contributed by atoms with Gasteiger partial charge in [-0.15, -0.1) is 0 Å². The molecule has 7 aromatic heterocycles. The number of imidazole rings is 4. The third kappa shape index (κ3) is 19.6. The molecule has 0 aliphatic carbocycles. The normalized spacial score (nSPS) is 12.0. The number of anilines is 3. The van der Waals surface area contributed by atoms with E-state index in [0.29, 0.717) is 59.4 Å². The van der Waals surface area contributed by atoms with E-state index in [4.69, 9.17) is 55.0 Å². The second-order valence-electron chi connectivity index (χ2n) is 23.3. The number of hydrogen-bond donors (Lipinski definition) is 4. The number of aromatic nitrogens is 14. The largest absolute Gasteiger partial charge is 0.460 e. The van der Waals surface area contributed by atoms with E-state index in [-0.39, 0.29) is 28.7 Å². The minimum Gasteiger partial charge on any atom is -0.460 e. The van der Waals surface area contributed by atoms with Gasteiger partial charge < -0.3 is 49.4 Å². The average molecular weight is 1320 g/mol. The van der Waals surface area contributed by atoms with Crippen LogP contribution in [0.1, 0.15) is 104 Å². The molecule has 0 saturated carbocycles. The first-order valence-electron chi connectivity index (χ1n) is 30.1. The van der Waals surface area contributed by atoms with Crippen LogP contribution in [0.5, 0.6) is 0 Å². The third-order valence-electron chi connectivity index (χ3n) is 13.8. The number of ether oxygens (including phenoxy) is 2. The van der Waals surface area contributed by atoms with Crippen LogP contribution in [0.4, 0.5) is 17.3 Å². The summed E-state index contributed by atoms with van der Waals surface area (Å²) in [5.41, 5.74) is 15.6. The summed E-state index contributed by atoms with van der Waals surface area (Å²) in [6.45, 7) is 13.0. The van der Waals surface area contributed by atoms with Crippen LogP contribution in [0.15, 0.2) is 148 Å². The standard InChI is InChI=1S/C22H30N6O2.C21H26ClN5O2.C12H9N3O2.C11H6Cl2N4/c1-22(2,3)30-20(29)7-5-4-6-10-25-21-19(14-23)26-17-9-8-16(13-18(17)27-21)28-12-11-24-15-28;1-21(2,3)29-18(28)7-5-4-6-10-24-20-19(22)25-16-9-8-15(13-17(16)26-20)27-12-11-23-14-27;16-11-5-8-1-2-9(15-4-3-13-7-15)6-10(8)14-12(11)17;12-10-11(13)16-9-5-7(1-2-8(9)15-10)17-4-3-14-6-17/h8-9,11-13,15H,4-7,10,14,23H2,1-3H3,(H,25,27);8-9,11-14H,4-7,10H2,1-3H3,(H,24,26);1-4,6-7H,5H2,(H,14,17);1-6H. The van der Waals surface area contributed by atoms with Crippen molar-refractivity contribution in [3.05, 3.63) is 174 Å². The fourth-order valence-electron chi connectivity index (χ4n) is 9.41. The Labute approximate surface area is 551 Å². The summed E-state index contributed by atoms with van der Waals surface area (Å²) in [5, 5.41) is 9.96. The molecule has 482 valence electrons. The molecule has 0 unspecified atom stereocenters. The van der Waals surface area contributed by atoms with Gasteiger partial charge >= 0.3 is 11.9 Å². The van der Waals surface area contributed by atoms with Gasteiger partial charge in [-0.05, 0) is 140 Å². The maximum absolute atomic E-state index is 11.8. The highest BCUT2D eigenvalue weighted by Crippen LogP contribution is 2.27. The Morgan fingerprint density at radius 1 is 0.505 bits per heavy atom. The predicted octanol–water partition coefficient (Wildman–Crippen LogP) is 12.4. The summed E-state index contributed by atoms with van der Waals surface area (Å²) in [5.74, 6) is 0.0414. The van der Waals surface area contributed by atoms with Crippen molar-refractivity contribution in [3.8, 4) is 22.7 Å². The number of amides is 1. The molecule has 1 amide bonds. The molecule has 27 heteroatoms. The van der Waals surface area contributed by atoms with Gasteiger partial charge in [0.25, 0.3) is 5.91 Å². The Bertz CT molecular complexity index is 4330. The van der Waals surface area contributed by atoms with E-state index in [1.165, 1.54) is 0 Å². The lowest BCUT2D eigenvalue weighted by atomic mass is 10.0. The van der Waals surface area contributed by atoms with Crippen molar-refractivity contribution < 1.29 is 28.7 Å². The number of hydrogen-bond acceptors (Lipinski definition) is 19. The molecular formula is C66H71Cl3N18O6. The number of nitrogens with zero attached hydrogens (tertiary/aromatic N) is 14. The molecule has 0 spiro atoms. The van der Waals surface area contributed by atoms with Gasteiger partial charge in [0.1, 0.15) is 17.0 Å². The van der Waals surface area contributed by atoms with E-state index < -0.39 is 22.9 Å². The van der Waals surface area contributed by atoms with Crippen molar-refractivity contribution in [1.82, 2.24) is 68.1 Å². The van der Waals surface area contributed by atoms with E-state index in [1.807, 2.05) is 157 Å². The van der Waals surface area contributed by atoms with E-state index in [1.54, 1.807) is 50.1 Å².